The number of rotatable bonds is 4. The summed E-state index contributed by atoms with van der Waals surface area (Å²) < 4.78 is 32.9. The summed E-state index contributed by atoms with van der Waals surface area (Å²) in [5.41, 5.74) is 3.54. The molecule has 106 valence electrons. The molecule has 0 aliphatic rings. The standard InChI is InChI=1S/C17H18F2O/c1-4-20-15-8-7-13(16(18)17(15)19)10-14-9-11(2)5-6-12(14)3/h5-9H,4,10H2,1-3H3. The van der Waals surface area contributed by atoms with Crippen molar-refractivity contribution in [3.63, 3.8) is 0 Å². The van der Waals surface area contributed by atoms with E-state index in [1.165, 1.54) is 6.07 Å². The third kappa shape index (κ3) is 2.98. The van der Waals surface area contributed by atoms with Gasteiger partial charge in [-0.15, -0.1) is 0 Å². The van der Waals surface area contributed by atoms with Gasteiger partial charge in [0.25, 0.3) is 0 Å². The van der Waals surface area contributed by atoms with Crippen LogP contribution in [0.4, 0.5) is 8.78 Å². The third-order valence-corrected chi connectivity index (χ3v) is 3.31. The molecule has 0 aromatic heterocycles. The molecule has 0 bridgehead atoms. The molecule has 0 heterocycles. The summed E-state index contributed by atoms with van der Waals surface area (Å²) in [5.74, 6) is -1.76. The fourth-order valence-corrected chi connectivity index (χ4v) is 2.17. The average molecular weight is 276 g/mol. The van der Waals surface area contributed by atoms with Crippen molar-refractivity contribution in [2.45, 2.75) is 27.2 Å². The van der Waals surface area contributed by atoms with Crippen LogP contribution in [0.3, 0.4) is 0 Å². The molecule has 0 saturated heterocycles. The van der Waals surface area contributed by atoms with Crippen LogP contribution in [0, 0.1) is 25.5 Å². The Morgan fingerprint density at radius 2 is 1.70 bits per heavy atom. The van der Waals surface area contributed by atoms with Crippen molar-refractivity contribution in [1.29, 1.82) is 0 Å². The maximum Gasteiger partial charge on any atom is 0.200 e. The Labute approximate surface area is 118 Å². The summed E-state index contributed by atoms with van der Waals surface area (Å²) in [6, 6.07) is 9.08. The molecule has 0 fully saturated rings. The maximum absolute atomic E-state index is 14.0. The zero-order valence-electron chi connectivity index (χ0n) is 12.0. The second-order valence-electron chi connectivity index (χ2n) is 4.89. The van der Waals surface area contributed by atoms with Gasteiger partial charge in [-0.1, -0.05) is 29.8 Å². The Kier molecular flexibility index (Phi) is 4.38. The molecule has 0 spiro atoms. The van der Waals surface area contributed by atoms with Crippen molar-refractivity contribution in [3.05, 3.63) is 64.2 Å². The van der Waals surface area contributed by atoms with Gasteiger partial charge in [-0.3, -0.25) is 0 Å². The van der Waals surface area contributed by atoms with E-state index in [1.54, 1.807) is 13.0 Å². The number of hydrogen-bond acceptors (Lipinski definition) is 1. The summed E-state index contributed by atoms with van der Waals surface area (Å²) >= 11 is 0. The zero-order valence-corrected chi connectivity index (χ0v) is 12.0. The van der Waals surface area contributed by atoms with Crippen LogP contribution in [0.5, 0.6) is 5.75 Å². The second-order valence-corrected chi connectivity index (χ2v) is 4.89. The molecule has 1 nitrogen and oxygen atoms in total. The lowest BCUT2D eigenvalue weighted by atomic mass is 9.98. The first-order valence-electron chi connectivity index (χ1n) is 6.68. The van der Waals surface area contributed by atoms with E-state index in [0.29, 0.717) is 18.6 Å². The first kappa shape index (κ1) is 14.5. The number of ether oxygens (including phenoxy) is 1. The molecule has 20 heavy (non-hydrogen) atoms. The molecule has 0 aliphatic carbocycles. The lowest BCUT2D eigenvalue weighted by Gasteiger charge is -2.11. The van der Waals surface area contributed by atoms with Crippen LogP contribution in [0.1, 0.15) is 29.2 Å². The van der Waals surface area contributed by atoms with E-state index < -0.39 is 11.6 Å². The average Bonchev–Trinajstić information content (AvgIpc) is 2.42. The Morgan fingerprint density at radius 1 is 0.950 bits per heavy atom. The highest BCUT2D eigenvalue weighted by Gasteiger charge is 2.15. The van der Waals surface area contributed by atoms with Crippen molar-refractivity contribution in [2.75, 3.05) is 6.61 Å². The summed E-state index contributed by atoms with van der Waals surface area (Å²) in [6.45, 7) is 6.00. The molecule has 0 radical (unpaired) electrons. The summed E-state index contributed by atoms with van der Waals surface area (Å²) in [6.07, 6.45) is 0.378. The molecule has 0 unspecified atom stereocenters. The SMILES string of the molecule is CCOc1ccc(Cc2cc(C)ccc2C)c(F)c1F. The largest absolute Gasteiger partial charge is 0.491 e. The van der Waals surface area contributed by atoms with Gasteiger partial charge in [-0.05, 0) is 43.5 Å². The highest BCUT2D eigenvalue weighted by molar-refractivity contribution is 5.38. The highest BCUT2D eigenvalue weighted by Crippen LogP contribution is 2.25. The Balaban J connectivity index is 2.34. The molecule has 2 aromatic carbocycles. The second kappa shape index (κ2) is 6.04. The van der Waals surface area contributed by atoms with Crippen LogP contribution < -0.4 is 4.74 Å². The lowest BCUT2D eigenvalue weighted by molar-refractivity contribution is 0.313. The van der Waals surface area contributed by atoms with Gasteiger partial charge in [0.05, 0.1) is 6.61 Å². The van der Waals surface area contributed by atoms with Crippen molar-refractivity contribution < 1.29 is 13.5 Å². The maximum atomic E-state index is 14.0. The molecule has 0 aliphatic heterocycles. The molecule has 0 atom stereocenters. The molecule has 3 heteroatoms. The Hall–Kier alpha value is -1.90. The first-order valence-corrected chi connectivity index (χ1v) is 6.68. The molecule has 0 saturated carbocycles. The van der Waals surface area contributed by atoms with Gasteiger partial charge in [0.1, 0.15) is 0 Å². The smallest absolute Gasteiger partial charge is 0.200 e. The molecular weight excluding hydrogens is 258 g/mol. The van der Waals surface area contributed by atoms with Gasteiger partial charge >= 0.3 is 0 Å². The molecular formula is C17H18F2O. The van der Waals surface area contributed by atoms with Crippen LogP contribution in [-0.4, -0.2) is 6.61 Å². The number of halogens is 2. The third-order valence-electron chi connectivity index (χ3n) is 3.31. The van der Waals surface area contributed by atoms with E-state index in [-0.39, 0.29) is 5.75 Å². The van der Waals surface area contributed by atoms with E-state index in [1.807, 2.05) is 32.0 Å². The van der Waals surface area contributed by atoms with Gasteiger partial charge in [0.15, 0.2) is 11.6 Å². The molecule has 2 rings (SSSR count). The quantitative estimate of drug-likeness (QED) is 0.794. The number of hydrogen-bond donors (Lipinski definition) is 0. The van der Waals surface area contributed by atoms with Crippen LogP contribution in [0.2, 0.25) is 0 Å². The topological polar surface area (TPSA) is 9.23 Å². The predicted octanol–water partition coefficient (Wildman–Crippen LogP) is 4.57. The van der Waals surface area contributed by atoms with Crippen LogP contribution in [0.15, 0.2) is 30.3 Å². The minimum atomic E-state index is -0.908. The van der Waals surface area contributed by atoms with Crippen molar-refractivity contribution in [3.8, 4) is 5.75 Å². The fraction of sp³-hybridized carbons (Fsp3) is 0.294. The summed E-state index contributed by atoms with van der Waals surface area (Å²) in [7, 11) is 0. The lowest BCUT2D eigenvalue weighted by Crippen LogP contribution is -2.02. The van der Waals surface area contributed by atoms with Crippen LogP contribution >= 0.6 is 0 Å². The molecule has 2 aromatic rings. The minimum Gasteiger partial charge on any atom is -0.491 e. The molecule has 0 N–H and O–H groups in total. The van der Waals surface area contributed by atoms with Gasteiger partial charge < -0.3 is 4.74 Å². The van der Waals surface area contributed by atoms with E-state index in [0.717, 1.165) is 16.7 Å². The summed E-state index contributed by atoms with van der Waals surface area (Å²) in [5, 5.41) is 0. The van der Waals surface area contributed by atoms with Gasteiger partial charge in [-0.25, -0.2) is 4.39 Å². The van der Waals surface area contributed by atoms with Crippen LogP contribution in [-0.2, 0) is 6.42 Å². The van der Waals surface area contributed by atoms with Gasteiger partial charge in [0, 0.05) is 6.42 Å². The molecule has 0 amide bonds. The zero-order chi connectivity index (χ0) is 14.7. The number of aryl methyl sites for hydroxylation is 2. The summed E-state index contributed by atoms with van der Waals surface area (Å²) in [4.78, 5) is 0. The van der Waals surface area contributed by atoms with Crippen molar-refractivity contribution in [1.82, 2.24) is 0 Å². The van der Waals surface area contributed by atoms with E-state index in [4.69, 9.17) is 4.74 Å². The van der Waals surface area contributed by atoms with E-state index in [9.17, 15) is 8.78 Å². The fourth-order valence-electron chi connectivity index (χ4n) is 2.17. The minimum absolute atomic E-state index is 0.0327. The van der Waals surface area contributed by atoms with E-state index in [2.05, 4.69) is 0 Å². The van der Waals surface area contributed by atoms with Gasteiger partial charge in [-0.2, -0.15) is 4.39 Å². The van der Waals surface area contributed by atoms with Gasteiger partial charge in [0.2, 0.25) is 5.82 Å². The normalized spacial score (nSPS) is 10.7. The van der Waals surface area contributed by atoms with Crippen LogP contribution in [0.25, 0.3) is 0 Å². The van der Waals surface area contributed by atoms with Crippen molar-refractivity contribution >= 4 is 0 Å². The highest BCUT2D eigenvalue weighted by atomic mass is 19.2. The number of benzene rings is 2. The van der Waals surface area contributed by atoms with Crippen molar-refractivity contribution in [2.24, 2.45) is 0 Å². The predicted molar refractivity (Wildman–Crippen MR) is 76.2 cm³/mol. The van der Waals surface area contributed by atoms with E-state index >= 15 is 0 Å². The first-order chi connectivity index (χ1) is 9.52. The Bertz CT molecular complexity index is 621. The monoisotopic (exact) mass is 276 g/mol. The Morgan fingerprint density at radius 3 is 2.40 bits per heavy atom.